The first-order valence-corrected chi connectivity index (χ1v) is 7.06. The highest BCUT2D eigenvalue weighted by Gasteiger charge is 2.17. The van der Waals surface area contributed by atoms with Crippen molar-refractivity contribution in [3.63, 3.8) is 0 Å². The van der Waals surface area contributed by atoms with Crippen LogP contribution >= 0.6 is 27.3 Å². The molecular formula is C11H14BrN3OS. The van der Waals surface area contributed by atoms with Crippen molar-refractivity contribution in [2.75, 3.05) is 0 Å². The van der Waals surface area contributed by atoms with E-state index in [0.29, 0.717) is 6.42 Å². The minimum Gasteiger partial charge on any atom is -0.387 e. The van der Waals surface area contributed by atoms with Gasteiger partial charge in [-0.05, 0) is 41.2 Å². The number of aliphatic hydroxyl groups is 1. The summed E-state index contributed by atoms with van der Waals surface area (Å²) in [6, 6.07) is 2.20. The minimum absolute atomic E-state index is 0.256. The van der Waals surface area contributed by atoms with Gasteiger partial charge in [0.25, 0.3) is 0 Å². The van der Waals surface area contributed by atoms with E-state index in [1.807, 2.05) is 30.0 Å². The Morgan fingerprint density at radius 2 is 2.29 bits per heavy atom. The smallest absolute Gasteiger partial charge is 0.138 e. The van der Waals surface area contributed by atoms with Gasteiger partial charge in [-0.3, -0.25) is 0 Å². The standard InChI is InChI=1S/C11H14BrN3OS/c1-7(2)15-10(13-6-14-15)5-9(16)11-8(12)3-4-17-11/h3-4,6-7,9,16H,5H2,1-2H3. The Balaban J connectivity index is 2.16. The predicted octanol–water partition coefficient (Wildman–Crippen LogP) is 2.96. The van der Waals surface area contributed by atoms with Crippen LogP contribution in [-0.2, 0) is 6.42 Å². The van der Waals surface area contributed by atoms with Crippen LogP contribution in [0.5, 0.6) is 0 Å². The van der Waals surface area contributed by atoms with Gasteiger partial charge in [0.05, 0.1) is 6.10 Å². The number of halogens is 1. The van der Waals surface area contributed by atoms with Gasteiger partial charge in [-0.1, -0.05) is 0 Å². The summed E-state index contributed by atoms with van der Waals surface area (Å²) >= 11 is 4.97. The van der Waals surface area contributed by atoms with E-state index in [1.165, 1.54) is 17.7 Å². The van der Waals surface area contributed by atoms with Crippen LogP contribution in [0.3, 0.4) is 0 Å². The molecule has 0 amide bonds. The van der Waals surface area contributed by atoms with Gasteiger partial charge in [0.15, 0.2) is 0 Å². The van der Waals surface area contributed by atoms with Gasteiger partial charge >= 0.3 is 0 Å². The van der Waals surface area contributed by atoms with E-state index in [1.54, 1.807) is 0 Å². The maximum atomic E-state index is 10.2. The second-order valence-corrected chi connectivity index (χ2v) is 5.87. The largest absolute Gasteiger partial charge is 0.387 e. The van der Waals surface area contributed by atoms with Crippen molar-refractivity contribution >= 4 is 27.3 Å². The summed E-state index contributed by atoms with van der Waals surface area (Å²) < 4.78 is 2.79. The predicted molar refractivity (Wildman–Crippen MR) is 71.1 cm³/mol. The number of aliphatic hydroxyl groups excluding tert-OH is 1. The molecule has 0 spiro atoms. The normalized spacial score (nSPS) is 13.2. The Bertz CT molecular complexity index is 494. The first kappa shape index (κ1) is 12.7. The lowest BCUT2D eigenvalue weighted by Gasteiger charge is -2.12. The first-order valence-electron chi connectivity index (χ1n) is 5.39. The third kappa shape index (κ3) is 2.75. The van der Waals surface area contributed by atoms with E-state index >= 15 is 0 Å². The van der Waals surface area contributed by atoms with Crippen molar-refractivity contribution < 1.29 is 5.11 Å². The van der Waals surface area contributed by atoms with E-state index in [9.17, 15) is 5.11 Å². The summed E-state index contributed by atoms with van der Waals surface area (Å²) in [5.41, 5.74) is 0. The fraction of sp³-hybridized carbons (Fsp3) is 0.455. The van der Waals surface area contributed by atoms with E-state index in [2.05, 4.69) is 26.0 Å². The molecule has 0 aliphatic rings. The van der Waals surface area contributed by atoms with Gasteiger partial charge in [0, 0.05) is 21.8 Å². The maximum absolute atomic E-state index is 10.2. The van der Waals surface area contributed by atoms with Crippen LogP contribution in [0.2, 0.25) is 0 Å². The van der Waals surface area contributed by atoms with Crippen molar-refractivity contribution in [1.82, 2.24) is 14.8 Å². The van der Waals surface area contributed by atoms with Crippen LogP contribution in [0.15, 0.2) is 22.2 Å². The molecular weight excluding hydrogens is 302 g/mol. The van der Waals surface area contributed by atoms with Crippen LogP contribution < -0.4 is 0 Å². The quantitative estimate of drug-likeness (QED) is 0.943. The number of thiophene rings is 1. The van der Waals surface area contributed by atoms with Gasteiger partial charge in [-0.25, -0.2) is 9.67 Å². The molecule has 0 bridgehead atoms. The number of aromatic nitrogens is 3. The molecule has 0 aromatic carbocycles. The fourth-order valence-electron chi connectivity index (χ4n) is 1.66. The number of hydrogen-bond donors (Lipinski definition) is 1. The number of hydrogen-bond acceptors (Lipinski definition) is 4. The molecule has 0 saturated carbocycles. The lowest BCUT2D eigenvalue weighted by molar-refractivity contribution is 0.176. The average molecular weight is 316 g/mol. The van der Waals surface area contributed by atoms with Crippen molar-refractivity contribution in [3.8, 4) is 0 Å². The number of nitrogens with zero attached hydrogens (tertiary/aromatic N) is 3. The monoisotopic (exact) mass is 315 g/mol. The molecule has 2 aromatic rings. The molecule has 0 aliphatic heterocycles. The molecule has 0 fully saturated rings. The van der Waals surface area contributed by atoms with Crippen LogP contribution in [-0.4, -0.2) is 19.9 Å². The van der Waals surface area contributed by atoms with Crippen molar-refractivity contribution in [1.29, 1.82) is 0 Å². The molecule has 4 nitrogen and oxygen atoms in total. The zero-order valence-corrected chi connectivity index (χ0v) is 12.1. The third-order valence-corrected chi connectivity index (χ3v) is 4.43. The molecule has 2 heterocycles. The molecule has 1 N–H and O–H groups in total. The van der Waals surface area contributed by atoms with Crippen LogP contribution in [0.1, 0.15) is 36.7 Å². The van der Waals surface area contributed by atoms with Gasteiger partial charge < -0.3 is 5.11 Å². The molecule has 2 aromatic heterocycles. The summed E-state index contributed by atoms with van der Waals surface area (Å²) in [5.74, 6) is 0.813. The Hall–Kier alpha value is -0.720. The van der Waals surface area contributed by atoms with Crippen molar-refractivity contribution in [2.45, 2.75) is 32.4 Å². The molecule has 0 aliphatic carbocycles. The topological polar surface area (TPSA) is 50.9 Å². The summed E-state index contributed by atoms with van der Waals surface area (Å²) in [7, 11) is 0. The molecule has 0 saturated heterocycles. The van der Waals surface area contributed by atoms with Gasteiger partial charge in [0.1, 0.15) is 12.2 Å². The minimum atomic E-state index is -0.536. The van der Waals surface area contributed by atoms with E-state index in [-0.39, 0.29) is 6.04 Å². The molecule has 0 radical (unpaired) electrons. The van der Waals surface area contributed by atoms with E-state index in [4.69, 9.17) is 0 Å². The Labute approximate surface area is 112 Å². The zero-order chi connectivity index (χ0) is 12.4. The van der Waals surface area contributed by atoms with E-state index < -0.39 is 6.10 Å². The average Bonchev–Trinajstić information content (AvgIpc) is 2.86. The Morgan fingerprint density at radius 1 is 1.53 bits per heavy atom. The highest BCUT2D eigenvalue weighted by atomic mass is 79.9. The summed E-state index contributed by atoms with van der Waals surface area (Å²) in [5, 5.41) is 16.3. The second-order valence-electron chi connectivity index (χ2n) is 4.07. The Kier molecular flexibility index (Phi) is 3.96. The third-order valence-electron chi connectivity index (χ3n) is 2.46. The lowest BCUT2D eigenvalue weighted by Crippen LogP contribution is -2.11. The fourth-order valence-corrected chi connectivity index (χ4v) is 3.28. The number of rotatable bonds is 4. The van der Waals surface area contributed by atoms with Gasteiger partial charge in [0.2, 0.25) is 0 Å². The summed E-state index contributed by atoms with van der Waals surface area (Å²) in [6.45, 7) is 4.09. The van der Waals surface area contributed by atoms with Crippen molar-refractivity contribution in [2.24, 2.45) is 0 Å². The van der Waals surface area contributed by atoms with Gasteiger partial charge in [-0.15, -0.1) is 11.3 Å². The van der Waals surface area contributed by atoms with Crippen LogP contribution in [0.25, 0.3) is 0 Å². The molecule has 6 heteroatoms. The molecule has 1 unspecified atom stereocenters. The second kappa shape index (κ2) is 5.29. The van der Waals surface area contributed by atoms with Gasteiger partial charge in [-0.2, -0.15) is 5.10 Å². The maximum Gasteiger partial charge on any atom is 0.138 e. The highest BCUT2D eigenvalue weighted by molar-refractivity contribution is 9.10. The van der Waals surface area contributed by atoms with Crippen molar-refractivity contribution in [3.05, 3.63) is 32.9 Å². The molecule has 1 atom stereocenters. The molecule has 2 rings (SSSR count). The van der Waals surface area contributed by atoms with Crippen LogP contribution in [0, 0.1) is 0 Å². The summed E-state index contributed by atoms with van der Waals surface area (Å²) in [4.78, 5) is 5.13. The Morgan fingerprint density at radius 3 is 2.88 bits per heavy atom. The van der Waals surface area contributed by atoms with Crippen LogP contribution in [0.4, 0.5) is 0 Å². The zero-order valence-electron chi connectivity index (χ0n) is 9.67. The first-order chi connectivity index (χ1) is 8.09. The lowest BCUT2D eigenvalue weighted by atomic mass is 10.2. The highest BCUT2D eigenvalue weighted by Crippen LogP contribution is 2.30. The molecule has 92 valence electrons. The molecule has 17 heavy (non-hydrogen) atoms. The van der Waals surface area contributed by atoms with E-state index in [0.717, 1.165) is 15.2 Å². The SMILES string of the molecule is CC(C)n1ncnc1CC(O)c1sccc1Br. The summed E-state index contributed by atoms with van der Waals surface area (Å²) in [6.07, 6.45) is 1.48.